The first-order valence-corrected chi connectivity index (χ1v) is 6.84. The Balaban J connectivity index is 1.65. The summed E-state index contributed by atoms with van der Waals surface area (Å²) >= 11 is 0. The fraction of sp³-hybridized carbons (Fsp3) is 0.357. The summed E-state index contributed by atoms with van der Waals surface area (Å²) in [7, 11) is 0. The topological polar surface area (TPSA) is 88.5 Å². The number of carbonyl (C=O) groups excluding carboxylic acids is 1. The molecule has 1 aromatic carbocycles. The van der Waals surface area contributed by atoms with Crippen molar-refractivity contribution in [3.8, 4) is 0 Å². The summed E-state index contributed by atoms with van der Waals surface area (Å²) in [5, 5.41) is 7.00. The van der Waals surface area contributed by atoms with Crippen molar-refractivity contribution in [2.24, 2.45) is 0 Å². The number of benzene rings is 1. The van der Waals surface area contributed by atoms with Gasteiger partial charge in [0, 0.05) is 31.9 Å². The Bertz CT molecular complexity index is 646. The van der Waals surface area contributed by atoms with Crippen LogP contribution in [-0.4, -0.2) is 47.3 Å². The minimum atomic E-state index is -0.224. The maximum Gasteiger partial charge on any atom is 0.280 e. The average Bonchev–Trinajstić information content (AvgIpc) is 2.93. The van der Waals surface area contributed by atoms with Crippen molar-refractivity contribution in [2.45, 2.75) is 6.92 Å². The van der Waals surface area contributed by atoms with Crippen LogP contribution < -0.4 is 10.6 Å². The van der Waals surface area contributed by atoms with Gasteiger partial charge in [0.2, 0.25) is 11.5 Å². The van der Waals surface area contributed by atoms with Gasteiger partial charge < -0.3 is 15.5 Å². The number of hydrogen-bond acceptors (Lipinski definition) is 6. The predicted molar refractivity (Wildman–Crippen MR) is 78.0 cm³/mol. The van der Waals surface area contributed by atoms with Crippen LogP contribution in [0.1, 0.15) is 16.1 Å². The summed E-state index contributed by atoms with van der Waals surface area (Å²) < 4.78 is 4.48. The van der Waals surface area contributed by atoms with Crippen LogP contribution in [0.25, 0.3) is 0 Å². The summed E-state index contributed by atoms with van der Waals surface area (Å²) in [6.45, 7) is 4.88. The number of aryl methyl sites for hydroxylation is 1. The Morgan fingerprint density at radius 1 is 1.24 bits per heavy atom. The number of hydrogen-bond donors (Lipinski definition) is 1. The highest BCUT2D eigenvalue weighted by molar-refractivity contribution is 5.96. The van der Waals surface area contributed by atoms with E-state index in [1.165, 1.54) is 11.3 Å². The average molecular weight is 287 g/mol. The van der Waals surface area contributed by atoms with Crippen molar-refractivity contribution in [3.63, 3.8) is 0 Å². The molecule has 2 heterocycles. The largest absolute Gasteiger partial charge is 0.379 e. The molecule has 3 rings (SSSR count). The first-order valence-electron chi connectivity index (χ1n) is 6.84. The molecular formula is C14H17N5O2. The summed E-state index contributed by atoms with van der Waals surface area (Å²) in [5.41, 5.74) is 8.07. The smallest absolute Gasteiger partial charge is 0.280 e. The van der Waals surface area contributed by atoms with E-state index in [1.807, 2.05) is 6.07 Å². The molecule has 0 aliphatic carbocycles. The van der Waals surface area contributed by atoms with Gasteiger partial charge >= 0.3 is 0 Å². The van der Waals surface area contributed by atoms with Gasteiger partial charge in [0.15, 0.2) is 0 Å². The summed E-state index contributed by atoms with van der Waals surface area (Å²) in [5.74, 6) is -0.182. The van der Waals surface area contributed by atoms with Gasteiger partial charge in [-0.2, -0.15) is 0 Å². The number of anilines is 2. The quantitative estimate of drug-likeness (QED) is 0.883. The number of carbonyl (C=O) groups is 1. The highest BCUT2D eigenvalue weighted by Crippen LogP contribution is 2.19. The van der Waals surface area contributed by atoms with Crippen LogP contribution in [0, 0.1) is 6.92 Å². The van der Waals surface area contributed by atoms with E-state index in [2.05, 4.69) is 45.0 Å². The summed E-state index contributed by atoms with van der Waals surface area (Å²) in [4.78, 5) is 16.2. The molecule has 0 atom stereocenters. The number of nitrogens with two attached hydrogens (primary N) is 1. The van der Waals surface area contributed by atoms with E-state index in [0.717, 1.165) is 13.1 Å². The minimum Gasteiger partial charge on any atom is -0.379 e. The van der Waals surface area contributed by atoms with Crippen molar-refractivity contribution in [1.29, 1.82) is 0 Å². The highest BCUT2D eigenvalue weighted by Gasteiger charge is 2.26. The molecule has 1 aliphatic rings. The van der Waals surface area contributed by atoms with Gasteiger partial charge in [0.05, 0.1) is 0 Å². The van der Waals surface area contributed by atoms with Gasteiger partial charge in [0.1, 0.15) is 0 Å². The molecule has 1 saturated heterocycles. The molecule has 0 radical (unpaired) electrons. The molecule has 0 unspecified atom stereocenters. The van der Waals surface area contributed by atoms with Gasteiger partial charge in [0.25, 0.3) is 5.91 Å². The normalized spacial score (nSPS) is 15.3. The molecule has 1 amide bonds. The Hall–Kier alpha value is -2.57. The molecule has 2 N–H and O–H groups in total. The molecule has 110 valence electrons. The monoisotopic (exact) mass is 287 g/mol. The van der Waals surface area contributed by atoms with Crippen LogP contribution in [0.3, 0.4) is 0 Å². The molecule has 1 aliphatic heterocycles. The molecule has 7 nitrogen and oxygen atoms in total. The number of piperazine rings is 1. The Kier molecular flexibility index (Phi) is 3.47. The first kappa shape index (κ1) is 13.4. The van der Waals surface area contributed by atoms with Gasteiger partial charge in [-0.3, -0.25) is 4.79 Å². The minimum absolute atomic E-state index is 0.0427. The maximum atomic E-state index is 12.2. The van der Waals surface area contributed by atoms with E-state index >= 15 is 0 Å². The number of amides is 1. The van der Waals surface area contributed by atoms with E-state index in [4.69, 9.17) is 5.73 Å². The van der Waals surface area contributed by atoms with Crippen LogP contribution >= 0.6 is 0 Å². The Labute approximate surface area is 122 Å². The Morgan fingerprint density at radius 2 is 2.00 bits per heavy atom. The van der Waals surface area contributed by atoms with Crippen LogP contribution in [0.4, 0.5) is 11.5 Å². The fourth-order valence-electron chi connectivity index (χ4n) is 2.49. The molecule has 0 spiro atoms. The SMILES string of the molecule is Cc1cccc(N2CCN(C(=O)c3nonc3N)CC2)c1. The zero-order valence-electron chi connectivity index (χ0n) is 11.8. The predicted octanol–water partition coefficient (Wildman–Crippen LogP) is 0.923. The molecule has 0 saturated carbocycles. The van der Waals surface area contributed by atoms with Crippen molar-refractivity contribution >= 4 is 17.4 Å². The van der Waals surface area contributed by atoms with Crippen LogP contribution in [-0.2, 0) is 0 Å². The zero-order chi connectivity index (χ0) is 14.8. The third kappa shape index (κ3) is 2.67. The standard InChI is InChI=1S/C14H17N5O2/c1-10-3-2-4-11(9-10)18-5-7-19(8-6-18)14(20)12-13(15)17-21-16-12/h2-4,9H,5-8H2,1H3,(H2,15,17). The van der Waals surface area contributed by atoms with Gasteiger partial charge in [-0.25, -0.2) is 4.63 Å². The number of nitrogen functional groups attached to an aromatic ring is 1. The van der Waals surface area contributed by atoms with E-state index in [-0.39, 0.29) is 17.4 Å². The number of aromatic nitrogens is 2. The first-order chi connectivity index (χ1) is 10.1. The van der Waals surface area contributed by atoms with Crippen LogP contribution in [0.15, 0.2) is 28.9 Å². The number of rotatable bonds is 2. The lowest BCUT2D eigenvalue weighted by Crippen LogP contribution is -2.49. The molecule has 1 aromatic heterocycles. The molecular weight excluding hydrogens is 270 g/mol. The van der Waals surface area contributed by atoms with E-state index < -0.39 is 0 Å². The van der Waals surface area contributed by atoms with Crippen molar-refractivity contribution < 1.29 is 9.42 Å². The number of nitrogens with zero attached hydrogens (tertiary/aromatic N) is 4. The van der Waals surface area contributed by atoms with Crippen molar-refractivity contribution in [2.75, 3.05) is 36.8 Å². The van der Waals surface area contributed by atoms with E-state index in [0.29, 0.717) is 13.1 Å². The molecule has 1 fully saturated rings. The van der Waals surface area contributed by atoms with E-state index in [9.17, 15) is 4.79 Å². The zero-order valence-corrected chi connectivity index (χ0v) is 11.8. The van der Waals surface area contributed by atoms with Gasteiger partial charge in [-0.15, -0.1) is 0 Å². The second kappa shape index (κ2) is 5.43. The lowest BCUT2D eigenvalue weighted by atomic mass is 10.2. The van der Waals surface area contributed by atoms with Crippen LogP contribution in [0.5, 0.6) is 0 Å². The van der Waals surface area contributed by atoms with Crippen molar-refractivity contribution in [1.82, 2.24) is 15.2 Å². The molecule has 0 bridgehead atoms. The molecule has 7 heteroatoms. The molecule has 2 aromatic rings. The van der Waals surface area contributed by atoms with E-state index in [1.54, 1.807) is 4.90 Å². The van der Waals surface area contributed by atoms with Gasteiger partial charge in [-0.1, -0.05) is 12.1 Å². The third-order valence-electron chi connectivity index (χ3n) is 3.65. The second-order valence-corrected chi connectivity index (χ2v) is 5.12. The van der Waals surface area contributed by atoms with Crippen molar-refractivity contribution in [3.05, 3.63) is 35.5 Å². The lowest BCUT2D eigenvalue weighted by molar-refractivity contribution is 0.0736. The fourth-order valence-corrected chi connectivity index (χ4v) is 2.49. The summed E-state index contributed by atoms with van der Waals surface area (Å²) in [6, 6.07) is 8.36. The second-order valence-electron chi connectivity index (χ2n) is 5.12. The lowest BCUT2D eigenvalue weighted by Gasteiger charge is -2.35. The maximum absolute atomic E-state index is 12.2. The van der Waals surface area contributed by atoms with Crippen LogP contribution in [0.2, 0.25) is 0 Å². The summed E-state index contributed by atoms with van der Waals surface area (Å²) in [6.07, 6.45) is 0. The van der Waals surface area contributed by atoms with Gasteiger partial charge in [-0.05, 0) is 34.9 Å². The Morgan fingerprint density at radius 3 is 2.62 bits per heavy atom. The highest BCUT2D eigenvalue weighted by atomic mass is 16.6. The molecule has 21 heavy (non-hydrogen) atoms. The third-order valence-corrected chi connectivity index (χ3v) is 3.65.